The summed E-state index contributed by atoms with van der Waals surface area (Å²) in [4.78, 5) is 2.26. The van der Waals surface area contributed by atoms with E-state index in [2.05, 4.69) is 64.9 Å². The summed E-state index contributed by atoms with van der Waals surface area (Å²) >= 11 is 1.85. The molecule has 0 amide bonds. The van der Waals surface area contributed by atoms with Gasteiger partial charge in [0.15, 0.2) is 6.54 Å². The van der Waals surface area contributed by atoms with Crippen LogP contribution in [0, 0.1) is 0 Å². The molecule has 0 spiro atoms. The van der Waals surface area contributed by atoms with Gasteiger partial charge in [0.05, 0.1) is 6.54 Å². The Morgan fingerprint density at radius 2 is 1.88 bits per heavy atom. The topological polar surface area (TPSA) is 26.5 Å². The van der Waals surface area contributed by atoms with Crippen LogP contribution in [0.1, 0.15) is 24.5 Å². The molecule has 2 aromatic rings. The Morgan fingerprint density at radius 3 is 2.58 bits per heavy atom. The van der Waals surface area contributed by atoms with Crippen molar-refractivity contribution in [3.8, 4) is 0 Å². The van der Waals surface area contributed by atoms with E-state index >= 15 is 0 Å². The molecular weight excluding hydrogens is 316 g/mol. The lowest BCUT2D eigenvalue weighted by molar-refractivity contribution is -0.656. The first-order chi connectivity index (χ1) is 11.7. The number of thioether (sulfide) groups is 1. The van der Waals surface area contributed by atoms with Crippen molar-refractivity contribution >= 4 is 22.6 Å². The van der Waals surface area contributed by atoms with Gasteiger partial charge in [0, 0.05) is 11.3 Å². The Balaban J connectivity index is 1.77. The Morgan fingerprint density at radius 1 is 1.12 bits per heavy atom. The van der Waals surface area contributed by atoms with E-state index < -0.39 is 5.72 Å². The van der Waals surface area contributed by atoms with Crippen molar-refractivity contribution in [2.24, 2.45) is 0 Å². The smallest absolute Gasteiger partial charge is 0.316 e. The van der Waals surface area contributed by atoms with Gasteiger partial charge in [0.2, 0.25) is 0 Å². The van der Waals surface area contributed by atoms with Crippen molar-refractivity contribution in [2.45, 2.75) is 25.5 Å². The number of anilines is 1. The summed E-state index contributed by atoms with van der Waals surface area (Å²) in [6.07, 6.45) is 2.12. The predicted octanol–water partition coefficient (Wildman–Crippen LogP) is 3.42. The minimum absolute atomic E-state index is 0.574. The van der Waals surface area contributed by atoms with Crippen LogP contribution in [0.3, 0.4) is 0 Å². The molecule has 0 radical (unpaired) electrons. The van der Waals surface area contributed by atoms with E-state index in [0.717, 1.165) is 36.4 Å². The number of amidine groups is 1. The molecule has 2 aliphatic rings. The van der Waals surface area contributed by atoms with Gasteiger partial charge >= 0.3 is 5.17 Å². The number of β-amino-alcohol motifs (C(OH)–C–C–N with tert-alkyl or cyclic N) is 1. The molecule has 0 saturated heterocycles. The number of para-hydroxylation sites is 1. The van der Waals surface area contributed by atoms with Crippen LogP contribution in [0.5, 0.6) is 0 Å². The van der Waals surface area contributed by atoms with E-state index in [9.17, 15) is 5.11 Å². The first-order valence-electron chi connectivity index (χ1n) is 8.64. The van der Waals surface area contributed by atoms with E-state index in [-0.39, 0.29) is 0 Å². The number of hydrogen-bond acceptors (Lipinski definition) is 3. The third-order valence-corrected chi connectivity index (χ3v) is 6.13. The highest BCUT2D eigenvalue weighted by Gasteiger charge is 2.53. The van der Waals surface area contributed by atoms with Crippen LogP contribution in [0.4, 0.5) is 5.69 Å². The van der Waals surface area contributed by atoms with Gasteiger partial charge in [-0.1, -0.05) is 49.4 Å². The fraction of sp³-hybridized carbons (Fsp3) is 0.350. The van der Waals surface area contributed by atoms with Gasteiger partial charge in [-0.05, 0) is 42.3 Å². The monoisotopic (exact) mass is 339 g/mol. The molecule has 1 N–H and O–H groups in total. The summed E-state index contributed by atoms with van der Waals surface area (Å²) in [6, 6.07) is 18.8. The highest BCUT2D eigenvalue weighted by Crippen LogP contribution is 2.37. The van der Waals surface area contributed by atoms with E-state index in [1.807, 2.05) is 17.8 Å². The largest absolute Gasteiger partial charge is 0.346 e. The van der Waals surface area contributed by atoms with Gasteiger partial charge in [-0.15, -0.1) is 0 Å². The third kappa shape index (κ3) is 2.54. The quantitative estimate of drug-likeness (QED) is 0.868. The number of hydrogen-bond donors (Lipinski definition) is 1. The van der Waals surface area contributed by atoms with Crippen molar-refractivity contribution in [2.75, 3.05) is 23.7 Å². The SMILES string of the molecule is CCc1ccc(C2(O)CN(c3ccccc3)C3=[N+]2CCCS3)cc1. The van der Waals surface area contributed by atoms with Gasteiger partial charge in [-0.3, -0.25) is 0 Å². The first kappa shape index (κ1) is 15.7. The second kappa shape index (κ2) is 6.26. The average molecular weight is 339 g/mol. The Bertz CT molecular complexity index is 757. The van der Waals surface area contributed by atoms with E-state index in [1.165, 1.54) is 10.7 Å². The molecule has 4 rings (SSSR count). The summed E-state index contributed by atoms with van der Waals surface area (Å²) in [6.45, 7) is 3.63. The number of benzene rings is 2. The Labute approximate surface area is 147 Å². The van der Waals surface area contributed by atoms with Crippen LogP contribution in [0.2, 0.25) is 0 Å². The Hall–Kier alpha value is -1.78. The molecule has 2 aromatic carbocycles. The zero-order valence-corrected chi connectivity index (χ0v) is 14.8. The van der Waals surface area contributed by atoms with E-state index in [0.29, 0.717) is 6.54 Å². The van der Waals surface area contributed by atoms with Crippen LogP contribution in [-0.4, -0.2) is 33.7 Å². The fourth-order valence-corrected chi connectivity index (χ4v) is 4.74. The average Bonchev–Trinajstić information content (AvgIpc) is 2.97. The minimum Gasteiger partial charge on any atom is -0.346 e. The number of nitrogens with zero attached hydrogens (tertiary/aromatic N) is 2. The molecule has 0 fully saturated rings. The molecule has 0 bridgehead atoms. The molecule has 124 valence electrons. The molecule has 4 heteroatoms. The van der Waals surface area contributed by atoms with Gasteiger partial charge in [-0.25, -0.2) is 9.48 Å². The summed E-state index contributed by atoms with van der Waals surface area (Å²) in [5, 5.41) is 12.8. The molecule has 2 aliphatic heterocycles. The van der Waals surface area contributed by atoms with Crippen molar-refractivity contribution in [1.29, 1.82) is 0 Å². The summed E-state index contributed by atoms with van der Waals surface area (Å²) in [7, 11) is 0. The lowest BCUT2D eigenvalue weighted by Crippen LogP contribution is -2.41. The maximum absolute atomic E-state index is 11.6. The predicted molar refractivity (Wildman–Crippen MR) is 101 cm³/mol. The van der Waals surface area contributed by atoms with Crippen molar-refractivity contribution in [1.82, 2.24) is 0 Å². The molecule has 1 atom stereocenters. The van der Waals surface area contributed by atoms with Crippen LogP contribution in [-0.2, 0) is 12.1 Å². The minimum atomic E-state index is -0.954. The molecule has 0 aromatic heterocycles. The highest BCUT2D eigenvalue weighted by molar-refractivity contribution is 8.13. The van der Waals surface area contributed by atoms with Crippen molar-refractivity contribution < 1.29 is 9.68 Å². The van der Waals surface area contributed by atoms with Crippen LogP contribution >= 0.6 is 11.8 Å². The third-order valence-electron chi connectivity index (χ3n) is 4.94. The lowest BCUT2D eigenvalue weighted by atomic mass is 10.00. The number of rotatable bonds is 3. The Kier molecular flexibility index (Phi) is 4.10. The van der Waals surface area contributed by atoms with E-state index in [4.69, 9.17) is 0 Å². The summed E-state index contributed by atoms with van der Waals surface area (Å²) < 4.78 is 2.19. The highest BCUT2D eigenvalue weighted by atomic mass is 32.2. The second-order valence-corrected chi connectivity index (χ2v) is 7.49. The van der Waals surface area contributed by atoms with Gasteiger partial charge in [0.1, 0.15) is 5.69 Å². The zero-order valence-electron chi connectivity index (χ0n) is 14.0. The molecule has 2 heterocycles. The number of aryl methyl sites for hydroxylation is 1. The van der Waals surface area contributed by atoms with Crippen molar-refractivity contribution in [3.63, 3.8) is 0 Å². The first-order valence-corrected chi connectivity index (χ1v) is 9.63. The molecule has 0 saturated carbocycles. The zero-order chi connectivity index (χ0) is 16.6. The van der Waals surface area contributed by atoms with Crippen LogP contribution < -0.4 is 4.90 Å². The summed E-state index contributed by atoms with van der Waals surface area (Å²) in [5.74, 6) is 1.11. The molecule has 3 nitrogen and oxygen atoms in total. The van der Waals surface area contributed by atoms with Gasteiger partial charge in [0.25, 0.3) is 5.72 Å². The van der Waals surface area contributed by atoms with Crippen LogP contribution in [0.15, 0.2) is 54.6 Å². The van der Waals surface area contributed by atoms with E-state index in [1.54, 1.807) is 0 Å². The molecule has 24 heavy (non-hydrogen) atoms. The lowest BCUT2D eigenvalue weighted by Gasteiger charge is -2.24. The second-order valence-electron chi connectivity index (χ2n) is 6.43. The van der Waals surface area contributed by atoms with Crippen LogP contribution in [0.25, 0.3) is 0 Å². The standard InChI is InChI=1S/C20H23N2OS/c1-2-16-9-11-17(12-10-16)20(23)15-21(18-7-4-3-5-8-18)19-22(20)13-6-14-24-19/h3-5,7-12,23H,2,6,13-15H2,1H3/q+1. The fourth-order valence-electron chi connectivity index (χ4n) is 3.56. The molecular formula is C20H23N2OS+. The normalized spacial score (nSPS) is 23.5. The van der Waals surface area contributed by atoms with Crippen molar-refractivity contribution in [3.05, 3.63) is 65.7 Å². The van der Waals surface area contributed by atoms with Gasteiger partial charge < -0.3 is 5.11 Å². The summed E-state index contributed by atoms with van der Waals surface area (Å²) in [5.41, 5.74) is 2.48. The molecule has 0 aliphatic carbocycles. The molecule has 1 unspecified atom stereocenters. The maximum atomic E-state index is 11.6. The number of aliphatic hydroxyl groups is 1. The van der Waals surface area contributed by atoms with Gasteiger partial charge in [-0.2, -0.15) is 0 Å². The maximum Gasteiger partial charge on any atom is 0.316 e.